The number of nitrogens with one attached hydrogen (secondary N) is 1. The van der Waals surface area contributed by atoms with Gasteiger partial charge in [-0.15, -0.1) is 10.6 Å². The SMILES string of the molecule is CC(C)(C)c1ccc(N2N=CN(c3cccc(Oc4ccc5c6ccccc6n(-c6ccccn6)c5c4)c3)N2)cc1. The van der Waals surface area contributed by atoms with Crippen molar-refractivity contribution in [2.75, 3.05) is 10.1 Å². The van der Waals surface area contributed by atoms with Crippen LogP contribution in [0, 0.1) is 0 Å². The van der Waals surface area contributed by atoms with Crippen LogP contribution in [0.5, 0.6) is 11.5 Å². The molecule has 1 aliphatic rings. The number of para-hydroxylation sites is 1. The zero-order valence-electron chi connectivity index (χ0n) is 23.2. The summed E-state index contributed by atoms with van der Waals surface area (Å²) in [5, 5.41) is 10.5. The van der Waals surface area contributed by atoms with Crippen LogP contribution in [0.25, 0.3) is 27.6 Å². The van der Waals surface area contributed by atoms with Gasteiger partial charge in [-0.1, -0.05) is 63.2 Å². The van der Waals surface area contributed by atoms with Gasteiger partial charge in [0, 0.05) is 29.1 Å². The van der Waals surface area contributed by atoms with Gasteiger partial charge in [0.05, 0.1) is 22.4 Å². The molecule has 2 aromatic heterocycles. The van der Waals surface area contributed by atoms with E-state index < -0.39 is 0 Å². The minimum absolute atomic E-state index is 0.103. The molecule has 7 rings (SSSR count). The van der Waals surface area contributed by atoms with E-state index in [4.69, 9.17) is 4.74 Å². The lowest BCUT2D eigenvalue weighted by molar-refractivity contribution is 0.483. The van der Waals surface area contributed by atoms with Crippen LogP contribution >= 0.6 is 0 Å². The lowest BCUT2D eigenvalue weighted by atomic mass is 9.87. The Labute approximate surface area is 238 Å². The van der Waals surface area contributed by atoms with Crippen molar-refractivity contribution in [3.05, 3.63) is 121 Å². The number of hydrogen-bond acceptors (Lipinski definition) is 6. The van der Waals surface area contributed by atoms with E-state index in [-0.39, 0.29) is 5.41 Å². The van der Waals surface area contributed by atoms with Crippen LogP contribution in [-0.4, -0.2) is 15.9 Å². The largest absolute Gasteiger partial charge is 0.457 e. The van der Waals surface area contributed by atoms with Crippen LogP contribution in [0.4, 0.5) is 11.4 Å². The van der Waals surface area contributed by atoms with Crippen molar-refractivity contribution in [2.45, 2.75) is 26.2 Å². The first-order valence-corrected chi connectivity index (χ1v) is 13.7. The van der Waals surface area contributed by atoms with Crippen molar-refractivity contribution in [1.82, 2.24) is 15.1 Å². The van der Waals surface area contributed by atoms with Gasteiger partial charge in [0.25, 0.3) is 0 Å². The third-order valence-corrected chi connectivity index (χ3v) is 7.32. The first-order valence-electron chi connectivity index (χ1n) is 13.7. The molecule has 0 saturated heterocycles. The molecule has 1 aliphatic heterocycles. The molecule has 0 spiro atoms. The number of ether oxygens (including phenoxy) is 1. The highest BCUT2D eigenvalue weighted by Gasteiger charge is 2.19. The molecule has 3 heterocycles. The summed E-state index contributed by atoms with van der Waals surface area (Å²) in [6.07, 6.45) is 3.58. The average molecular weight is 539 g/mol. The Kier molecular flexibility index (Phi) is 5.94. The van der Waals surface area contributed by atoms with E-state index in [1.54, 1.807) is 11.5 Å². The van der Waals surface area contributed by atoms with E-state index in [1.165, 1.54) is 10.9 Å². The maximum atomic E-state index is 6.38. The summed E-state index contributed by atoms with van der Waals surface area (Å²) in [6.45, 7) is 6.63. The second-order valence-electron chi connectivity index (χ2n) is 11.1. The number of hydrazine groups is 2. The standard InChI is InChI=1S/C34H30N6O/c1-34(2,3)24-14-16-25(17-15-24)40-36-23-38(37-40)26-9-8-10-27(21-26)41-28-18-19-30-29-11-4-5-12-31(29)39(32(30)22-28)33-13-6-7-20-35-33/h4-23,37H,1-3H3. The van der Waals surface area contributed by atoms with E-state index >= 15 is 0 Å². The van der Waals surface area contributed by atoms with Crippen molar-refractivity contribution in [1.29, 1.82) is 0 Å². The zero-order valence-corrected chi connectivity index (χ0v) is 23.2. The van der Waals surface area contributed by atoms with Crippen LogP contribution in [0.2, 0.25) is 0 Å². The van der Waals surface area contributed by atoms with Gasteiger partial charge in [0.15, 0.2) is 0 Å². The predicted octanol–water partition coefficient (Wildman–Crippen LogP) is 7.96. The molecule has 7 nitrogen and oxygen atoms in total. The number of benzene rings is 4. The number of hydrogen-bond donors (Lipinski definition) is 1. The smallest absolute Gasteiger partial charge is 0.137 e. The molecular weight excluding hydrogens is 508 g/mol. The third kappa shape index (κ3) is 4.66. The van der Waals surface area contributed by atoms with E-state index in [0.717, 1.165) is 45.1 Å². The van der Waals surface area contributed by atoms with Crippen LogP contribution < -0.4 is 20.4 Å². The molecule has 0 saturated carbocycles. The number of fused-ring (bicyclic) bond motifs is 3. The molecule has 4 aromatic carbocycles. The maximum absolute atomic E-state index is 6.38. The highest BCUT2D eigenvalue weighted by Crippen LogP contribution is 2.35. The van der Waals surface area contributed by atoms with Crippen molar-refractivity contribution in [3.8, 4) is 17.3 Å². The Balaban J connectivity index is 1.15. The molecule has 0 unspecified atom stereocenters. The Bertz CT molecular complexity index is 1890. The van der Waals surface area contributed by atoms with E-state index in [1.807, 2.05) is 59.7 Å². The fourth-order valence-corrected chi connectivity index (χ4v) is 5.19. The lowest BCUT2D eigenvalue weighted by Crippen LogP contribution is -2.40. The van der Waals surface area contributed by atoms with Crippen molar-refractivity contribution in [3.63, 3.8) is 0 Å². The normalized spacial score (nSPS) is 13.4. The molecule has 0 atom stereocenters. The summed E-state index contributed by atoms with van der Waals surface area (Å²) in [5.41, 5.74) is 8.72. The molecule has 0 fully saturated rings. The molecule has 0 amide bonds. The van der Waals surface area contributed by atoms with Crippen molar-refractivity contribution in [2.24, 2.45) is 5.10 Å². The molecule has 1 N–H and O–H groups in total. The zero-order chi connectivity index (χ0) is 28.0. The summed E-state index contributed by atoms with van der Waals surface area (Å²) < 4.78 is 8.57. The van der Waals surface area contributed by atoms with Gasteiger partial charge in [-0.25, -0.2) is 9.99 Å². The monoisotopic (exact) mass is 538 g/mol. The fraction of sp³-hybridized carbons (Fsp3) is 0.118. The lowest BCUT2D eigenvalue weighted by Gasteiger charge is -2.22. The van der Waals surface area contributed by atoms with Crippen molar-refractivity contribution < 1.29 is 4.74 Å². The predicted molar refractivity (Wildman–Crippen MR) is 167 cm³/mol. The van der Waals surface area contributed by atoms with Gasteiger partial charge < -0.3 is 4.74 Å². The van der Waals surface area contributed by atoms with Gasteiger partial charge in [-0.2, -0.15) is 5.12 Å². The summed E-state index contributed by atoms with van der Waals surface area (Å²) in [4.78, 5) is 4.63. The maximum Gasteiger partial charge on any atom is 0.137 e. The summed E-state index contributed by atoms with van der Waals surface area (Å²) in [5.74, 6) is 2.35. The Morgan fingerprint density at radius 2 is 1.46 bits per heavy atom. The van der Waals surface area contributed by atoms with Crippen LogP contribution in [0.3, 0.4) is 0 Å². The minimum atomic E-state index is 0.103. The van der Waals surface area contributed by atoms with Gasteiger partial charge >= 0.3 is 0 Å². The molecule has 41 heavy (non-hydrogen) atoms. The minimum Gasteiger partial charge on any atom is -0.457 e. The first-order chi connectivity index (χ1) is 19.9. The summed E-state index contributed by atoms with van der Waals surface area (Å²) in [6, 6.07) is 37.0. The van der Waals surface area contributed by atoms with Crippen LogP contribution in [0.1, 0.15) is 26.3 Å². The van der Waals surface area contributed by atoms with Crippen LogP contribution in [-0.2, 0) is 5.41 Å². The highest BCUT2D eigenvalue weighted by atomic mass is 16.5. The Hall–Kier alpha value is -5.14. The molecule has 0 aliphatic carbocycles. The Morgan fingerprint density at radius 3 is 2.27 bits per heavy atom. The summed E-state index contributed by atoms with van der Waals surface area (Å²) >= 11 is 0. The second-order valence-corrected chi connectivity index (χ2v) is 11.1. The number of rotatable bonds is 5. The molecular formula is C34H30N6O. The summed E-state index contributed by atoms with van der Waals surface area (Å²) in [7, 11) is 0. The topological polar surface area (TPSA) is 57.9 Å². The third-order valence-electron chi connectivity index (χ3n) is 7.32. The molecule has 202 valence electrons. The van der Waals surface area contributed by atoms with E-state index in [9.17, 15) is 0 Å². The number of aromatic nitrogens is 2. The van der Waals surface area contributed by atoms with Gasteiger partial charge in [-0.05, 0) is 65.6 Å². The number of anilines is 2. The van der Waals surface area contributed by atoms with Crippen molar-refractivity contribution >= 4 is 39.5 Å². The number of hydrazone groups is 1. The highest BCUT2D eigenvalue weighted by molar-refractivity contribution is 6.09. The van der Waals surface area contributed by atoms with E-state index in [0.29, 0.717) is 0 Å². The molecule has 0 bridgehead atoms. The number of nitrogens with zero attached hydrogens (tertiary/aromatic N) is 5. The quantitative estimate of drug-likeness (QED) is 0.241. The second kappa shape index (κ2) is 9.80. The van der Waals surface area contributed by atoms with Gasteiger partial charge in [0.1, 0.15) is 23.7 Å². The molecule has 0 radical (unpaired) electrons. The van der Waals surface area contributed by atoms with Gasteiger partial charge in [-0.3, -0.25) is 4.57 Å². The van der Waals surface area contributed by atoms with Crippen LogP contribution in [0.15, 0.2) is 120 Å². The van der Waals surface area contributed by atoms with E-state index in [2.05, 4.69) is 102 Å². The first kappa shape index (κ1) is 24.9. The number of pyridine rings is 1. The molecule has 7 heteroatoms. The Morgan fingerprint density at radius 1 is 0.683 bits per heavy atom. The fourth-order valence-electron chi connectivity index (χ4n) is 5.19. The van der Waals surface area contributed by atoms with Gasteiger partial charge in [0.2, 0.25) is 0 Å². The molecule has 6 aromatic rings. The average Bonchev–Trinajstić information content (AvgIpc) is 3.61.